The van der Waals surface area contributed by atoms with E-state index in [1.54, 1.807) is 0 Å². The van der Waals surface area contributed by atoms with Crippen molar-refractivity contribution in [3.05, 3.63) is 72.3 Å². The first-order chi connectivity index (χ1) is 11.3. The normalized spacial score (nSPS) is 21.1. The van der Waals surface area contributed by atoms with Gasteiger partial charge in [0.15, 0.2) is 0 Å². The van der Waals surface area contributed by atoms with Crippen molar-refractivity contribution in [2.75, 3.05) is 0 Å². The summed E-state index contributed by atoms with van der Waals surface area (Å²) in [5, 5.41) is 0. The molecule has 0 radical (unpaired) electrons. The minimum Gasteiger partial charge on any atom is -0.103 e. The Hall–Kier alpha value is -1.82. The van der Waals surface area contributed by atoms with Gasteiger partial charge in [0.25, 0.3) is 0 Å². The maximum atomic E-state index is 3.88. The third-order valence-corrected chi connectivity index (χ3v) is 5.42. The Morgan fingerprint density at radius 3 is 1.96 bits per heavy atom. The number of rotatable bonds is 5. The SMILES string of the molecule is C=CCC1CCC(c2ccc(-c3ccc(CC)cc3)cc2)CC1. The Balaban J connectivity index is 1.66. The number of benzene rings is 2. The van der Waals surface area contributed by atoms with Crippen LogP contribution in [0, 0.1) is 5.92 Å². The average molecular weight is 304 g/mol. The Morgan fingerprint density at radius 2 is 1.43 bits per heavy atom. The third kappa shape index (κ3) is 3.93. The predicted octanol–water partition coefficient (Wildman–Crippen LogP) is 6.77. The molecule has 2 aromatic rings. The molecule has 1 saturated carbocycles. The molecular formula is C23H28. The molecule has 0 aromatic heterocycles. The maximum absolute atomic E-state index is 3.88. The Kier molecular flexibility index (Phi) is 5.33. The van der Waals surface area contributed by atoms with E-state index < -0.39 is 0 Å². The van der Waals surface area contributed by atoms with Gasteiger partial charge < -0.3 is 0 Å². The second-order valence-corrected chi connectivity index (χ2v) is 6.91. The molecule has 0 atom stereocenters. The molecule has 1 aliphatic carbocycles. The maximum Gasteiger partial charge on any atom is -0.0162 e. The summed E-state index contributed by atoms with van der Waals surface area (Å²) >= 11 is 0. The van der Waals surface area contributed by atoms with Gasteiger partial charge in [-0.05, 0) is 72.6 Å². The van der Waals surface area contributed by atoms with E-state index in [2.05, 4.69) is 68.1 Å². The molecule has 1 aliphatic rings. The molecule has 0 aliphatic heterocycles. The van der Waals surface area contributed by atoms with Crippen molar-refractivity contribution in [2.24, 2.45) is 5.92 Å². The summed E-state index contributed by atoms with van der Waals surface area (Å²) in [5.74, 6) is 1.63. The van der Waals surface area contributed by atoms with Gasteiger partial charge in [0.2, 0.25) is 0 Å². The van der Waals surface area contributed by atoms with Gasteiger partial charge in [0.1, 0.15) is 0 Å². The Labute approximate surface area is 141 Å². The van der Waals surface area contributed by atoms with Gasteiger partial charge in [0.05, 0.1) is 0 Å². The van der Waals surface area contributed by atoms with Crippen LogP contribution in [0.3, 0.4) is 0 Å². The molecule has 1 fully saturated rings. The van der Waals surface area contributed by atoms with Crippen LogP contribution in [0.2, 0.25) is 0 Å². The van der Waals surface area contributed by atoms with E-state index in [0.717, 1.165) is 18.3 Å². The lowest BCUT2D eigenvalue weighted by molar-refractivity contribution is 0.328. The van der Waals surface area contributed by atoms with Gasteiger partial charge >= 0.3 is 0 Å². The number of hydrogen-bond acceptors (Lipinski definition) is 0. The standard InChI is InChI=1S/C23H28/c1-3-5-19-8-12-21(13-9-19)23-16-14-22(15-17-23)20-10-6-18(4-2)7-11-20/h3,6-7,10-11,14-17,19,21H,1,4-5,8-9,12-13H2,2H3. The molecule has 0 heterocycles. The zero-order valence-electron chi connectivity index (χ0n) is 14.3. The monoisotopic (exact) mass is 304 g/mol. The fourth-order valence-corrected chi connectivity index (χ4v) is 3.85. The summed E-state index contributed by atoms with van der Waals surface area (Å²) in [7, 11) is 0. The van der Waals surface area contributed by atoms with Crippen molar-refractivity contribution in [2.45, 2.75) is 51.4 Å². The topological polar surface area (TPSA) is 0 Å². The van der Waals surface area contributed by atoms with E-state index in [9.17, 15) is 0 Å². The van der Waals surface area contributed by atoms with Crippen LogP contribution in [0.1, 0.15) is 56.1 Å². The third-order valence-electron chi connectivity index (χ3n) is 5.42. The minimum atomic E-state index is 0.757. The van der Waals surface area contributed by atoms with Crippen molar-refractivity contribution in [1.29, 1.82) is 0 Å². The molecule has 3 rings (SSSR count). The van der Waals surface area contributed by atoms with Gasteiger partial charge in [0, 0.05) is 0 Å². The fourth-order valence-electron chi connectivity index (χ4n) is 3.85. The van der Waals surface area contributed by atoms with Crippen LogP contribution >= 0.6 is 0 Å². The molecule has 2 aromatic carbocycles. The summed E-state index contributed by atoms with van der Waals surface area (Å²) in [5.41, 5.74) is 5.58. The molecule has 120 valence electrons. The fraction of sp³-hybridized carbons (Fsp3) is 0.391. The van der Waals surface area contributed by atoms with Crippen molar-refractivity contribution in [1.82, 2.24) is 0 Å². The van der Waals surface area contributed by atoms with Crippen LogP contribution in [0.25, 0.3) is 11.1 Å². The largest absolute Gasteiger partial charge is 0.103 e. The molecule has 0 saturated heterocycles. The second kappa shape index (κ2) is 7.64. The Morgan fingerprint density at radius 1 is 0.870 bits per heavy atom. The quantitative estimate of drug-likeness (QED) is 0.535. The first kappa shape index (κ1) is 16.1. The van der Waals surface area contributed by atoms with Gasteiger partial charge in [-0.3, -0.25) is 0 Å². The highest BCUT2D eigenvalue weighted by Crippen LogP contribution is 2.37. The highest BCUT2D eigenvalue weighted by Gasteiger charge is 2.21. The first-order valence-corrected chi connectivity index (χ1v) is 9.10. The predicted molar refractivity (Wildman–Crippen MR) is 101 cm³/mol. The zero-order chi connectivity index (χ0) is 16.1. The molecule has 0 nitrogen and oxygen atoms in total. The molecule has 0 unspecified atom stereocenters. The van der Waals surface area contributed by atoms with Gasteiger partial charge in [-0.2, -0.15) is 0 Å². The smallest absolute Gasteiger partial charge is 0.0162 e. The van der Waals surface area contributed by atoms with E-state index in [4.69, 9.17) is 0 Å². The summed E-state index contributed by atoms with van der Waals surface area (Å²) in [4.78, 5) is 0. The van der Waals surface area contributed by atoms with E-state index in [-0.39, 0.29) is 0 Å². The molecule has 0 heteroatoms. The van der Waals surface area contributed by atoms with Crippen LogP contribution in [0.15, 0.2) is 61.2 Å². The molecule has 0 spiro atoms. The van der Waals surface area contributed by atoms with Crippen LogP contribution < -0.4 is 0 Å². The van der Waals surface area contributed by atoms with E-state index in [1.165, 1.54) is 54.4 Å². The lowest BCUT2D eigenvalue weighted by atomic mass is 9.77. The lowest BCUT2D eigenvalue weighted by Gasteiger charge is -2.28. The highest BCUT2D eigenvalue weighted by molar-refractivity contribution is 5.64. The van der Waals surface area contributed by atoms with Crippen molar-refractivity contribution in [3.8, 4) is 11.1 Å². The minimum absolute atomic E-state index is 0.757. The van der Waals surface area contributed by atoms with Crippen LogP contribution in [0.4, 0.5) is 0 Å². The number of hydrogen-bond donors (Lipinski definition) is 0. The molecule has 23 heavy (non-hydrogen) atoms. The van der Waals surface area contributed by atoms with Crippen molar-refractivity contribution < 1.29 is 0 Å². The van der Waals surface area contributed by atoms with Crippen LogP contribution in [0.5, 0.6) is 0 Å². The molecule has 0 N–H and O–H groups in total. The van der Waals surface area contributed by atoms with Crippen LogP contribution in [-0.2, 0) is 6.42 Å². The zero-order valence-corrected chi connectivity index (χ0v) is 14.3. The summed E-state index contributed by atoms with van der Waals surface area (Å²) in [6.45, 7) is 6.08. The molecule has 0 bridgehead atoms. The van der Waals surface area contributed by atoms with Gasteiger partial charge in [-0.15, -0.1) is 6.58 Å². The lowest BCUT2D eigenvalue weighted by Crippen LogP contribution is -2.12. The van der Waals surface area contributed by atoms with Crippen LogP contribution in [-0.4, -0.2) is 0 Å². The van der Waals surface area contributed by atoms with Gasteiger partial charge in [-0.1, -0.05) is 61.5 Å². The Bertz CT molecular complexity index is 610. The van der Waals surface area contributed by atoms with E-state index in [0.29, 0.717) is 0 Å². The molecular weight excluding hydrogens is 276 g/mol. The summed E-state index contributed by atoms with van der Waals surface area (Å²) in [6.07, 6.45) is 9.77. The van der Waals surface area contributed by atoms with Gasteiger partial charge in [-0.25, -0.2) is 0 Å². The molecule has 0 amide bonds. The average Bonchev–Trinajstić information content (AvgIpc) is 2.63. The van der Waals surface area contributed by atoms with Crippen molar-refractivity contribution >= 4 is 0 Å². The number of allylic oxidation sites excluding steroid dienone is 1. The van der Waals surface area contributed by atoms with E-state index >= 15 is 0 Å². The number of aryl methyl sites for hydroxylation is 1. The summed E-state index contributed by atoms with van der Waals surface area (Å²) < 4.78 is 0. The summed E-state index contributed by atoms with van der Waals surface area (Å²) in [6, 6.07) is 18.3. The first-order valence-electron chi connectivity index (χ1n) is 9.10. The van der Waals surface area contributed by atoms with E-state index in [1.807, 2.05) is 0 Å². The van der Waals surface area contributed by atoms with Crippen molar-refractivity contribution in [3.63, 3.8) is 0 Å². The second-order valence-electron chi connectivity index (χ2n) is 6.91. The highest BCUT2D eigenvalue weighted by atomic mass is 14.3.